The molecule has 2 rings (SSSR count). The van der Waals surface area contributed by atoms with Crippen molar-refractivity contribution in [3.05, 3.63) is 29.3 Å². The molecule has 1 fully saturated rings. The van der Waals surface area contributed by atoms with Crippen LogP contribution in [-0.2, 0) is 9.84 Å². The Balaban J connectivity index is 1.76. The second kappa shape index (κ2) is 7.68. The summed E-state index contributed by atoms with van der Waals surface area (Å²) in [5.41, 5.74) is 2.23. The third kappa shape index (κ3) is 5.13. The smallest absolute Gasteiger partial charge is 0.191 e. The topological polar surface area (TPSA) is 79.8 Å². The largest absolute Gasteiger partial charge is 0.491 e. The van der Waals surface area contributed by atoms with Gasteiger partial charge in [-0.2, -0.15) is 0 Å². The van der Waals surface area contributed by atoms with Crippen molar-refractivity contribution in [1.82, 2.24) is 10.6 Å². The van der Waals surface area contributed by atoms with Gasteiger partial charge in [0.25, 0.3) is 0 Å². The molecule has 1 atom stereocenters. The van der Waals surface area contributed by atoms with Gasteiger partial charge in [-0.25, -0.2) is 8.42 Å². The van der Waals surface area contributed by atoms with E-state index < -0.39 is 9.84 Å². The normalized spacial score (nSPS) is 20.3. The van der Waals surface area contributed by atoms with Gasteiger partial charge in [0, 0.05) is 13.1 Å². The fraction of sp³-hybridized carbons (Fsp3) is 0.562. The number of guanidine groups is 1. The van der Waals surface area contributed by atoms with E-state index in [2.05, 4.69) is 15.6 Å². The van der Waals surface area contributed by atoms with Crippen LogP contribution in [0, 0.1) is 13.8 Å². The van der Waals surface area contributed by atoms with Crippen LogP contribution in [0.3, 0.4) is 0 Å². The number of nitrogens with one attached hydrogen (secondary N) is 2. The molecule has 1 heterocycles. The summed E-state index contributed by atoms with van der Waals surface area (Å²) in [6.45, 7) is 5.15. The summed E-state index contributed by atoms with van der Waals surface area (Å²) in [4.78, 5) is 4.12. The van der Waals surface area contributed by atoms with Crippen LogP contribution in [0.25, 0.3) is 0 Å². The highest BCUT2D eigenvalue weighted by Gasteiger charge is 2.28. The molecule has 1 saturated heterocycles. The summed E-state index contributed by atoms with van der Waals surface area (Å²) in [6, 6.07) is 6.00. The average molecular weight is 339 g/mol. The van der Waals surface area contributed by atoms with Gasteiger partial charge in [0.05, 0.1) is 18.1 Å². The van der Waals surface area contributed by atoms with Gasteiger partial charge in [-0.15, -0.1) is 0 Å². The minimum absolute atomic E-state index is 0.0641. The van der Waals surface area contributed by atoms with Gasteiger partial charge < -0.3 is 15.4 Å². The zero-order valence-corrected chi connectivity index (χ0v) is 14.7. The Morgan fingerprint density at radius 3 is 2.61 bits per heavy atom. The minimum Gasteiger partial charge on any atom is -0.491 e. The third-order valence-corrected chi connectivity index (χ3v) is 5.61. The molecule has 1 aromatic rings. The summed E-state index contributed by atoms with van der Waals surface area (Å²) < 4.78 is 28.8. The van der Waals surface area contributed by atoms with E-state index in [0.29, 0.717) is 25.5 Å². The van der Waals surface area contributed by atoms with Crippen LogP contribution in [0.15, 0.2) is 23.2 Å². The average Bonchev–Trinajstić information content (AvgIpc) is 2.83. The molecule has 1 aliphatic rings. The van der Waals surface area contributed by atoms with Crippen molar-refractivity contribution >= 4 is 15.8 Å². The number of aryl methyl sites for hydroxylation is 2. The fourth-order valence-electron chi connectivity index (χ4n) is 2.65. The third-order valence-electron chi connectivity index (χ3n) is 3.85. The number of ether oxygens (including phenoxy) is 1. The molecule has 0 saturated carbocycles. The summed E-state index contributed by atoms with van der Waals surface area (Å²) in [5, 5.41) is 6.30. The van der Waals surface area contributed by atoms with Crippen LogP contribution in [0.4, 0.5) is 0 Å². The molecule has 0 aromatic heterocycles. The minimum atomic E-state index is -2.89. The number of rotatable bonds is 5. The van der Waals surface area contributed by atoms with Crippen molar-refractivity contribution in [2.24, 2.45) is 4.99 Å². The maximum Gasteiger partial charge on any atom is 0.191 e. The van der Waals surface area contributed by atoms with E-state index in [9.17, 15) is 8.42 Å². The van der Waals surface area contributed by atoms with E-state index in [-0.39, 0.29) is 17.5 Å². The van der Waals surface area contributed by atoms with Gasteiger partial charge in [-0.1, -0.05) is 18.2 Å². The Hall–Kier alpha value is -1.76. The molecule has 0 radical (unpaired) electrons. The number of aliphatic imine (C=N–C) groups is 1. The Morgan fingerprint density at radius 1 is 1.35 bits per heavy atom. The molecule has 7 heteroatoms. The monoisotopic (exact) mass is 339 g/mol. The van der Waals surface area contributed by atoms with E-state index >= 15 is 0 Å². The Kier molecular flexibility index (Phi) is 5.87. The molecule has 2 N–H and O–H groups in total. The Morgan fingerprint density at radius 2 is 2.04 bits per heavy atom. The van der Waals surface area contributed by atoms with Gasteiger partial charge in [0.1, 0.15) is 12.4 Å². The highest BCUT2D eigenvalue weighted by Crippen LogP contribution is 2.21. The van der Waals surface area contributed by atoms with Crippen LogP contribution in [0.5, 0.6) is 5.75 Å². The molecule has 0 bridgehead atoms. The van der Waals surface area contributed by atoms with Crippen molar-refractivity contribution in [3.63, 3.8) is 0 Å². The van der Waals surface area contributed by atoms with Crippen LogP contribution in [-0.4, -0.2) is 52.1 Å². The molecular formula is C16H25N3O3S. The van der Waals surface area contributed by atoms with E-state index in [1.54, 1.807) is 7.05 Å². The Bertz CT molecular complexity index is 651. The van der Waals surface area contributed by atoms with Crippen LogP contribution in [0.1, 0.15) is 17.5 Å². The quantitative estimate of drug-likeness (QED) is 0.476. The first-order valence-corrected chi connectivity index (χ1v) is 9.60. The number of sulfone groups is 1. The number of para-hydroxylation sites is 1. The standard InChI is InChI=1S/C16H25N3O3S/c1-12-5-4-6-13(2)15(12)22-9-8-18-16(17-3)19-14-7-10-23(20,21)11-14/h4-6,14H,7-11H2,1-3H3,(H2,17,18,19). The van der Waals surface area contributed by atoms with Gasteiger partial charge >= 0.3 is 0 Å². The predicted octanol–water partition coefficient (Wildman–Crippen LogP) is 1.03. The number of hydrogen-bond acceptors (Lipinski definition) is 4. The highest BCUT2D eigenvalue weighted by atomic mass is 32.2. The maximum atomic E-state index is 11.5. The summed E-state index contributed by atoms with van der Waals surface area (Å²) >= 11 is 0. The summed E-state index contributed by atoms with van der Waals surface area (Å²) in [7, 11) is -1.22. The Labute approximate surface area is 138 Å². The van der Waals surface area contributed by atoms with E-state index in [0.717, 1.165) is 16.9 Å². The molecule has 128 valence electrons. The van der Waals surface area contributed by atoms with Crippen LogP contribution < -0.4 is 15.4 Å². The second-order valence-electron chi connectivity index (χ2n) is 5.81. The molecule has 1 aliphatic heterocycles. The molecule has 1 aromatic carbocycles. The van der Waals surface area contributed by atoms with Gasteiger partial charge in [0.15, 0.2) is 15.8 Å². The lowest BCUT2D eigenvalue weighted by atomic mass is 10.1. The molecular weight excluding hydrogens is 314 g/mol. The van der Waals surface area contributed by atoms with Crippen molar-refractivity contribution < 1.29 is 13.2 Å². The van der Waals surface area contributed by atoms with Crippen molar-refractivity contribution in [3.8, 4) is 5.75 Å². The molecule has 6 nitrogen and oxygen atoms in total. The maximum absolute atomic E-state index is 11.5. The lowest BCUT2D eigenvalue weighted by molar-refractivity contribution is 0.317. The van der Waals surface area contributed by atoms with E-state index in [1.807, 2.05) is 32.0 Å². The second-order valence-corrected chi connectivity index (χ2v) is 8.04. The molecule has 1 unspecified atom stereocenters. The van der Waals surface area contributed by atoms with Gasteiger partial charge in [-0.3, -0.25) is 4.99 Å². The zero-order valence-electron chi connectivity index (χ0n) is 13.9. The highest BCUT2D eigenvalue weighted by molar-refractivity contribution is 7.91. The SMILES string of the molecule is CN=C(NCCOc1c(C)cccc1C)NC1CCS(=O)(=O)C1. The molecule has 0 spiro atoms. The van der Waals surface area contributed by atoms with Crippen molar-refractivity contribution in [1.29, 1.82) is 0 Å². The molecule has 23 heavy (non-hydrogen) atoms. The fourth-order valence-corrected chi connectivity index (χ4v) is 4.32. The van der Waals surface area contributed by atoms with E-state index in [4.69, 9.17) is 4.74 Å². The number of benzene rings is 1. The first kappa shape index (κ1) is 17.6. The predicted molar refractivity (Wildman–Crippen MR) is 93.0 cm³/mol. The summed E-state index contributed by atoms with van der Waals surface area (Å²) in [6.07, 6.45) is 0.627. The lowest BCUT2D eigenvalue weighted by Crippen LogP contribution is -2.45. The number of hydrogen-bond donors (Lipinski definition) is 2. The van der Waals surface area contributed by atoms with Crippen LogP contribution >= 0.6 is 0 Å². The zero-order chi connectivity index (χ0) is 16.9. The van der Waals surface area contributed by atoms with Gasteiger partial charge in [-0.05, 0) is 31.4 Å². The van der Waals surface area contributed by atoms with Crippen molar-refractivity contribution in [2.75, 3.05) is 31.7 Å². The lowest BCUT2D eigenvalue weighted by Gasteiger charge is -2.17. The summed E-state index contributed by atoms with van der Waals surface area (Å²) in [5.74, 6) is 1.94. The van der Waals surface area contributed by atoms with Gasteiger partial charge in [0.2, 0.25) is 0 Å². The first-order valence-electron chi connectivity index (χ1n) is 7.78. The molecule has 0 amide bonds. The first-order chi connectivity index (χ1) is 10.9. The van der Waals surface area contributed by atoms with E-state index in [1.165, 1.54) is 0 Å². The van der Waals surface area contributed by atoms with Crippen LogP contribution in [0.2, 0.25) is 0 Å². The number of nitrogens with zero attached hydrogens (tertiary/aromatic N) is 1. The molecule has 0 aliphatic carbocycles. The van der Waals surface area contributed by atoms with Crippen molar-refractivity contribution in [2.45, 2.75) is 26.3 Å².